The van der Waals surface area contributed by atoms with Gasteiger partial charge in [-0.3, -0.25) is 9.59 Å². The van der Waals surface area contributed by atoms with Gasteiger partial charge in [0.25, 0.3) is 5.91 Å². The fourth-order valence-electron chi connectivity index (χ4n) is 2.96. The lowest BCUT2D eigenvalue weighted by atomic mass is 10.2. The van der Waals surface area contributed by atoms with Crippen LogP contribution < -0.4 is 5.32 Å². The summed E-state index contributed by atoms with van der Waals surface area (Å²) in [6, 6.07) is 22.6. The first-order chi connectivity index (χ1) is 15.2. The van der Waals surface area contributed by atoms with Crippen LogP contribution in [0.1, 0.15) is 21.6 Å². The number of hydrogen-bond donors (Lipinski definition) is 1. The Labute approximate surface area is 184 Å². The second-order valence-electron chi connectivity index (χ2n) is 6.84. The lowest BCUT2D eigenvalue weighted by Gasteiger charge is -2.07. The summed E-state index contributed by atoms with van der Waals surface area (Å²) in [5, 5.41) is 2.59. The second-order valence-corrected chi connectivity index (χ2v) is 7.89. The summed E-state index contributed by atoms with van der Waals surface area (Å²) in [7, 11) is 0. The molecule has 0 aliphatic carbocycles. The van der Waals surface area contributed by atoms with E-state index in [1.54, 1.807) is 23.9 Å². The third kappa shape index (κ3) is 5.73. The fourth-order valence-corrected chi connectivity index (χ4v) is 3.74. The third-order valence-corrected chi connectivity index (χ3v) is 5.60. The van der Waals surface area contributed by atoms with Crippen molar-refractivity contribution < 1.29 is 14.3 Å². The molecule has 1 amide bonds. The van der Waals surface area contributed by atoms with Gasteiger partial charge < -0.3 is 14.5 Å². The van der Waals surface area contributed by atoms with Gasteiger partial charge in [0, 0.05) is 28.6 Å². The van der Waals surface area contributed by atoms with E-state index in [4.69, 9.17) is 4.74 Å². The van der Waals surface area contributed by atoms with Crippen LogP contribution in [-0.2, 0) is 21.9 Å². The average molecular weight is 432 g/mol. The molecule has 4 rings (SSSR count). The molecular weight excluding hydrogens is 410 g/mol. The number of amides is 1. The van der Waals surface area contributed by atoms with Gasteiger partial charge in [-0.1, -0.05) is 36.4 Å². The molecule has 7 heteroatoms. The first-order valence-corrected chi connectivity index (χ1v) is 10.8. The van der Waals surface area contributed by atoms with Gasteiger partial charge >= 0.3 is 5.97 Å². The Morgan fingerprint density at radius 1 is 0.968 bits per heavy atom. The first-order valence-electron chi connectivity index (χ1n) is 9.80. The predicted molar refractivity (Wildman–Crippen MR) is 120 cm³/mol. The van der Waals surface area contributed by atoms with E-state index in [1.165, 1.54) is 0 Å². The van der Waals surface area contributed by atoms with Gasteiger partial charge in [-0.25, -0.2) is 4.98 Å². The minimum atomic E-state index is -0.475. The molecule has 0 aliphatic heterocycles. The van der Waals surface area contributed by atoms with E-state index < -0.39 is 5.97 Å². The monoisotopic (exact) mass is 431 g/mol. The van der Waals surface area contributed by atoms with Crippen molar-refractivity contribution in [3.63, 3.8) is 0 Å². The number of pyridine rings is 1. The Kier molecular flexibility index (Phi) is 6.64. The van der Waals surface area contributed by atoms with Gasteiger partial charge in [-0.15, -0.1) is 11.8 Å². The van der Waals surface area contributed by atoms with Crippen LogP contribution in [0.2, 0.25) is 0 Å². The van der Waals surface area contributed by atoms with Crippen LogP contribution in [0.15, 0.2) is 90.1 Å². The van der Waals surface area contributed by atoms with Crippen molar-refractivity contribution in [1.29, 1.82) is 0 Å². The molecule has 31 heavy (non-hydrogen) atoms. The molecule has 0 unspecified atom stereocenters. The molecule has 0 radical (unpaired) electrons. The molecule has 0 aliphatic rings. The van der Waals surface area contributed by atoms with Gasteiger partial charge in [0.05, 0.1) is 5.69 Å². The van der Waals surface area contributed by atoms with Crippen LogP contribution in [0.4, 0.5) is 0 Å². The van der Waals surface area contributed by atoms with E-state index in [1.807, 2.05) is 77.5 Å². The Balaban J connectivity index is 1.23. The highest BCUT2D eigenvalue weighted by molar-refractivity contribution is 7.98. The molecule has 0 fully saturated rings. The van der Waals surface area contributed by atoms with Crippen molar-refractivity contribution in [1.82, 2.24) is 14.7 Å². The number of nitrogens with one attached hydrogen (secondary N) is 1. The molecule has 2 heterocycles. The summed E-state index contributed by atoms with van der Waals surface area (Å²) in [5.41, 5.74) is 3.31. The summed E-state index contributed by atoms with van der Waals surface area (Å²) in [4.78, 5) is 29.7. The molecule has 6 nitrogen and oxygen atoms in total. The van der Waals surface area contributed by atoms with Crippen molar-refractivity contribution in [2.45, 2.75) is 17.3 Å². The third-order valence-electron chi connectivity index (χ3n) is 4.55. The molecule has 0 spiro atoms. The van der Waals surface area contributed by atoms with Crippen molar-refractivity contribution in [2.24, 2.45) is 0 Å². The minimum Gasteiger partial charge on any atom is -0.460 e. The number of thioether (sulfide) groups is 1. The second kappa shape index (κ2) is 9.95. The van der Waals surface area contributed by atoms with Crippen LogP contribution in [0.5, 0.6) is 0 Å². The van der Waals surface area contributed by atoms with E-state index in [0.29, 0.717) is 5.56 Å². The van der Waals surface area contributed by atoms with Crippen molar-refractivity contribution in [2.75, 3.05) is 6.54 Å². The SMILES string of the molecule is O=C(CNC(=O)c1ccc(SCc2cn3ccccc3n2)cc1)OCc1ccccc1. The standard InChI is InChI=1S/C24H21N3O3S/c28-23(30-16-18-6-2-1-3-7-18)14-25-24(29)19-9-11-21(12-10-19)31-17-20-15-27-13-5-4-8-22(27)26-20/h1-13,15H,14,16-17H2,(H,25,29). The highest BCUT2D eigenvalue weighted by Gasteiger charge is 2.10. The Bertz CT molecular complexity index is 1140. The quantitative estimate of drug-likeness (QED) is 0.336. The van der Waals surface area contributed by atoms with E-state index in [-0.39, 0.29) is 19.1 Å². The predicted octanol–water partition coefficient (Wildman–Crippen LogP) is 4.10. The Morgan fingerprint density at radius 2 is 1.74 bits per heavy atom. The Morgan fingerprint density at radius 3 is 2.52 bits per heavy atom. The van der Waals surface area contributed by atoms with E-state index in [0.717, 1.165) is 27.6 Å². The molecule has 0 saturated carbocycles. The minimum absolute atomic E-state index is 0.171. The molecule has 2 aromatic carbocycles. The van der Waals surface area contributed by atoms with Crippen LogP contribution in [-0.4, -0.2) is 27.8 Å². The zero-order valence-corrected chi connectivity index (χ0v) is 17.5. The van der Waals surface area contributed by atoms with Crippen molar-refractivity contribution >= 4 is 29.3 Å². The number of imidazole rings is 1. The highest BCUT2D eigenvalue weighted by atomic mass is 32.2. The number of aromatic nitrogens is 2. The number of fused-ring (bicyclic) bond motifs is 1. The maximum Gasteiger partial charge on any atom is 0.325 e. The number of nitrogens with zero attached hydrogens (tertiary/aromatic N) is 2. The van der Waals surface area contributed by atoms with Gasteiger partial charge in [0.2, 0.25) is 0 Å². The first kappa shape index (κ1) is 20.7. The van der Waals surface area contributed by atoms with Crippen molar-refractivity contribution in [3.05, 3.63) is 102 Å². The number of ether oxygens (including phenoxy) is 1. The van der Waals surface area contributed by atoms with Crippen LogP contribution in [0.3, 0.4) is 0 Å². The highest BCUT2D eigenvalue weighted by Crippen LogP contribution is 2.23. The summed E-state index contributed by atoms with van der Waals surface area (Å²) in [6.07, 6.45) is 3.99. The maximum absolute atomic E-state index is 12.3. The van der Waals surface area contributed by atoms with Gasteiger partial charge in [-0.05, 0) is 42.0 Å². The van der Waals surface area contributed by atoms with Gasteiger partial charge in [0.15, 0.2) is 0 Å². The van der Waals surface area contributed by atoms with Crippen LogP contribution in [0, 0.1) is 0 Å². The van der Waals surface area contributed by atoms with E-state index >= 15 is 0 Å². The summed E-state index contributed by atoms with van der Waals surface area (Å²) < 4.78 is 7.16. The zero-order chi connectivity index (χ0) is 21.5. The Hall–Kier alpha value is -3.58. The molecule has 1 N–H and O–H groups in total. The zero-order valence-electron chi connectivity index (χ0n) is 16.7. The lowest BCUT2D eigenvalue weighted by Crippen LogP contribution is -2.30. The molecule has 0 atom stereocenters. The normalized spacial score (nSPS) is 10.7. The molecule has 0 bridgehead atoms. The molecule has 0 saturated heterocycles. The number of hydrogen-bond acceptors (Lipinski definition) is 5. The summed E-state index contributed by atoms with van der Waals surface area (Å²) in [5.74, 6) is -0.0501. The smallest absolute Gasteiger partial charge is 0.325 e. The summed E-state index contributed by atoms with van der Waals surface area (Å²) in [6.45, 7) is 0.0177. The van der Waals surface area contributed by atoms with Gasteiger partial charge in [0.1, 0.15) is 18.8 Å². The summed E-state index contributed by atoms with van der Waals surface area (Å²) >= 11 is 1.65. The number of esters is 1. The maximum atomic E-state index is 12.3. The van der Waals surface area contributed by atoms with Gasteiger partial charge in [-0.2, -0.15) is 0 Å². The van der Waals surface area contributed by atoms with E-state index in [2.05, 4.69) is 10.3 Å². The lowest BCUT2D eigenvalue weighted by molar-refractivity contribution is -0.143. The number of carbonyl (C=O) groups is 2. The number of carbonyl (C=O) groups excluding carboxylic acids is 2. The molecular formula is C24H21N3O3S. The number of rotatable bonds is 8. The molecule has 2 aromatic heterocycles. The molecule has 156 valence electrons. The van der Waals surface area contributed by atoms with E-state index in [9.17, 15) is 9.59 Å². The fraction of sp³-hybridized carbons (Fsp3) is 0.125. The largest absolute Gasteiger partial charge is 0.460 e. The van der Waals surface area contributed by atoms with Crippen LogP contribution in [0.25, 0.3) is 5.65 Å². The average Bonchev–Trinajstić information content (AvgIpc) is 3.24. The number of benzene rings is 2. The van der Waals surface area contributed by atoms with Crippen LogP contribution >= 0.6 is 11.8 Å². The molecule has 4 aromatic rings. The topological polar surface area (TPSA) is 72.7 Å². The van der Waals surface area contributed by atoms with Crippen molar-refractivity contribution in [3.8, 4) is 0 Å².